The summed E-state index contributed by atoms with van der Waals surface area (Å²) in [6, 6.07) is 0. The van der Waals surface area contributed by atoms with E-state index in [4.69, 9.17) is 0 Å². The molecule has 0 radical (unpaired) electrons. The maximum absolute atomic E-state index is 4.26. The lowest BCUT2D eigenvalue weighted by Crippen LogP contribution is -2.05. The summed E-state index contributed by atoms with van der Waals surface area (Å²) < 4.78 is 0.502. The van der Waals surface area contributed by atoms with Crippen molar-refractivity contribution in [3.63, 3.8) is 0 Å². The molecule has 0 aromatic heterocycles. The largest absolute Gasteiger partial charge is 0.0955 e. The van der Waals surface area contributed by atoms with E-state index in [0.29, 0.717) is 14.8 Å². The van der Waals surface area contributed by atoms with Crippen LogP contribution in [0.1, 0.15) is 33.6 Å². The number of allylic oxidation sites excluding steroid dienone is 5. The van der Waals surface area contributed by atoms with E-state index in [2.05, 4.69) is 67.3 Å². The predicted molar refractivity (Wildman–Crippen MR) is 79.8 cm³/mol. The zero-order chi connectivity index (χ0) is 12.0. The SMILES string of the molecule is C=C(/C=C\C=C/C)[C@H]1[C@]2(C)C[C@@H](C)C[C@]12I. The van der Waals surface area contributed by atoms with Crippen molar-refractivity contribution in [3.8, 4) is 0 Å². The highest BCUT2D eigenvalue weighted by Crippen LogP contribution is 2.79. The van der Waals surface area contributed by atoms with Crippen molar-refractivity contribution in [2.24, 2.45) is 17.3 Å². The van der Waals surface area contributed by atoms with Crippen molar-refractivity contribution in [2.75, 3.05) is 0 Å². The molecule has 2 aliphatic rings. The van der Waals surface area contributed by atoms with Crippen LogP contribution in [0.3, 0.4) is 0 Å². The van der Waals surface area contributed by atoms with Gasteiger partial charge in [0.15, 0.2) is 0 Å². The average molecular weight is 328 g/mol. The molecule has 0 aliphatic heterocycles. The zero-order valence-corrected chi connectivity index (χ0v) is 12.6. The molecule has 0 amide bonds. The minimum Gasteiger partial charge on any atom is -0.0955 e. The van der Waals surface area contributed by atoms with E-state index in [-0.39, 0.29) is 0 Å². The molecular formula is C15H21I. The van der Waals surface area contributed by atoms with Crippen LogP contribution in [-0.2, 0) is 0 Å². The van der Waals surface area contributed by atoms with E-state index in [1.165, 1.54) is 18.4 Å². The summed E-state index contributed by atoms with van der Waals surface area (Å²) in [5, 5.41) is 0. The molecule has 0 bridgehead atoms. The number of fused-ring (bicyclic) bond motifs is 1. The van der Waals surface area contributed by atoms with Gasteiger partial charge >= 0.3 is 0 Å². The zero-order valence-electron chi connectivity index (χ0n) is 10.5. The van der Waals surface area contributed by atoms with Gasteiger partial charge in [0.05, 0.1) is 0 Å². The molecule has 2 fully saturated rings. The predicted octanol–water partition coefficient (Wildman–Crippen LogP) is 4.91. The molecule has 88 valence electrons. The number of alkyl halides is 1. The smallest absolute Gasteiger partial charge is 0.0358 e. The molecule has 0 spiro atoms. The lowest BCUT2D eigenvalue weighted by Gasteiger charge is -2.13. The number of hydrogen-bond donors (Lipinski definition) is 0. The van der Waals surface area contributed by atoms with Crippen molar-refractivity contribution in [1.29, 1.82) is 0 Å². The van der Waals surface area contributed by atoms with E-state index in [0.717, 1.165) is 5.92 Å². The Bertz CT molecular complexity index is 348. The van der Waals surface area contributed by atoms with Gasteiger partial charge in [-0.15, -0.1) is 0 Å². The van der Waals surface area contributed by atoms with Crippen LogP contribution in [0.15, 0.2) is 36.5 Å². The van der Waals surface area contributed by atoms with Gasteiger partial charge in [-0.3, -0.25) is 0 Å². The molecule has 1 heteroatoms. The Kier molecular flexibility index (Phi) is 3.11. The van der Waals surface area contributed by atoms with Crippen molar-refractivity contribution >= 4 is 22.6 Å². The second-order valence-corrected chi connectivity index (χ2v) is 7.61. The highest BCUT2D eigenvalue weighted by Gasteiger charge is 2.75. The maximum Gasteiger partial charge on any atom is 0.0358 e. The minimum absolute atomic E-state index is 0.502. The van der Waals surface area contributed by atoms with Crippen molar-refractivity contribution in [2.45, 2.75) is 37.0 Å². The molecule has 0 nitrogen and oxygen atoms in total. The van der Waals surface area contributed by atoms with Crippen LogP contribution in [0.2, 0.25) is 0 Å². The van der Waals surface area contributed by atoms with Crippen LogP contribution < -0.4 is 0 Å². The van der Waals surface area contributed by atoms with Crippen LogP contribution in [-0.4, -0.2) is 3.42 Å². The van der Waals surface area contributed by atoms with E-state index in [1.54, 1.807) is 0 Å². The van der Waals surface area contributed by atoms with Crippen LogP contribution >= 0.6 is 22.6 Å². The Morgan fingerprint density at radius 1 is 1.38 bits per heavy atom. The first-order chi connectivity index (χ1) is 7.45. The van der Waals surface area contributed by atoms with Crippen molar-refractivity contribution < 1.29 is 0 Å². The van der Waals surface area contributed by atoms with Gasteiger partial charge < -0.3 is 0 Å². The molecule has 2 rings (SSSR count). The average Bonchev–Trinajstić information content (AvgIpc) is 2.49. The molecule has 0 aromatic rings. The summed E-state index contributed by atoms with van der Waals surface area (Å²) in [6.45, 7) is 11.1. The quantitative estimate of drug-likeness (QED) is 0.392. The van der Waals surface area contributed by atoms with E-state index >= 15 is 0 Å². The first-order valence-corrected chi connectivity index (χ1v) is 7.20. The number of hydrogen-bond acceptors (Lipinski definition) is 0. The molecule has 0 heterocycles. The molecule has 2 aliphatic carbocycles. The fourth-order valence-electron chi connectivity index (χ4n) is 3.74. The molecule has 0 aromatic carbocycles. The normalized spacial score (nSPS) is 46.5. The molecule has 0 N–H and O–H groups in total. The van der Waals surface area contributed by atoms with Gasteiger partial charge in [0.2, 0.25) is 0 Å². The van der Waals surface area contributed by atoms with Gasteiger partial charge in [-0.25, -0.2) is 0 Å². The van der Waals surface area contributed by atoms with E-state index in [9.17, 15) is 0 Å². The lowest BCUT2D eigenvalue weighted by atomic mass is 9.92. The van der Waals surface area contributed by atoms with Gasteiger partial charge in [0, 0.05) is 9.34 Å². The Morgan fingerprint density at radius 2 is 2.06 bits per heavy atom. The van der Waals surface area contributed by atoms with E-state index < -0.39 is 0 Å². The van der Waals surface area contributed by atoms with Crippen LogP contribution in [0, 0.1) is 17.3 Å². The third kappa shape index (κ3) is 1.62. The number of rotatable bonds is 3. The second kappa shape index (κ2) is 4.01. The highest BCUT2D eigenvalue weighted by atomic mass is 127. The van der Waals surface area contributed by atoms with E-state index in [1.807, 2.05) is 6.92 Å². The van der Waals surface area contributed by atoms with Crippen molar-refractivity contribution in [3.05, 3.63) is 36.5 Å². The van der Waals surface area contributed by atoms with Crippen LogP contribution in [0.5, 0.6) is 0 Å². The lowest BCUT2D eigenvalue weighted by molar-refractivity contribution is 0.431. The first kappa shape index (κ1) is 12.4. The van der Waals surface area contributed by atoms with Crippen molar-refractivity contribution in [1.82, 2.24) is 0 Å². The Hall–Kier alpha value is -0.0500. The van der Waals surface area contributed by atoms with Gasteiger partial charge in [-0.2, -0.15) is 0 Å². The van der Waals surface area contributed by atoms with Crippen LogP contribution in [0.4, 0.5) is 0 Å². The molecule has 0 unspecified atom stereocenters. The van der Waals surface area contributed by atoms with Gasteiger partial charge in [0.1, 0.15) is 0 Å². The molecule has 0 saturated heterocycles. The van der Waals surface area contributed by atoms with Crippen LogP contribution in [0.25, 0.3) is 0 Å². The Labute approximate surface area is 113 Å². The summed E-state index contributed by atoms with van der Waals surface area (Å²) in [7, 11) is 0. The molecule has 16 heavy (non-hydrogen) atoms. The Morgan fingerprint density at radius 3 is 2.56 bits per heavy atom. The summed E-state index contributed by atoms with van der Waals surface area (Å²) in [4.78, 5) is 0. The van der Waals surface area contributed by atoms with Gasteiger partial charge in [0.25, 0.3) is 0 Å². The number of halogens is 1. The standard InChI is InChI=1S/C15H21I/c1-5-6-7-8-12(3)13-14(4)9-11(2)10-15(13,14)16/h5-8,11,13H,3,9-10H2,1-2,4H3/b6-5-,8-7-/t11-,13+,14+,15+/m1/s1. The first-order valence-electron chi connectivity index (χ1n) is 6.13. The fourth-order valence-corrected chi connectivity index (χ4v) is 5.96. The summed E-state index contributed by atoms with van der Waals surface area (Å²) in [6.07, 6.45) is 11.2. The Balaban J connectivity index is 2.08. The minimum atomic E-state index is 0.502. The summed E-state index contributed by atoms with van der Waals surface area (Å²) in [5.74, 6) is 1.60. The third-order valence-corrected chi connectivity index (χ3v) is 6.66. The monoisotopic (exact) mass is 328 g/mol. The van der Waals surface area contributed by atoms with Gasteiger partial charge in [-0.1, -0.05) is 72.9 Å². The highest BCUT2D eigenvalue weighted by molar-refractivity contribution is 14.1. The molecule has 4 atom stereocenters. The second-order valence-electron chi connectivity index (χ2n) is 5.69. The topological polar surface area (TPSA) is 0 Å². The maximum atomic E-state index is 4.26. The molecule has 2 saturated carbocycles. The summed E-state index contributed by atoms with van der Waals surface area (Å²) in [5.41, 5.74) is 1.84. The summed E-state index contributed by atoms with van der Waals surface area (Å²) >= 11 is 2.70. The fraction of sp³-hybridized carbons (Fsp3) is 0.600. The molecular weight excluding hydrogens is 307 g/mol. The third-order valence-electron chi connectivity index (χ3n) is 4.36. The van der Waals surface area contributed by atoms with Gasteiger partial charge in [-0.05, 0) is 31.1 Å².